The lowest BCUT2D eigenvalue weighted by atomic mass is 10.1. The minimum absolute atomic E-state index is 0.0171. The SMILES string of the molecule is CONN1CCN(Cc2cc3c(=O)n(C)cc(-c4cncc(OC(C)c5ccccc5)c4)c3s2)CC1. The minimum atomic E-state index is -0.101. The first-order valence-electron chi connectivity index (χ1n) is 12.1. The lowest BCUT2D eigenvalue weighted by Gasteiger charge is -2.33. The molecule has 1 aromatic carbocycles. The van der Waals surface area contributed by atoms with Crippen molar-refractivity contribution in [3.63, 3.8) is 0 Å². The third-order valence-electron chi connectivity index (χ3n) is 6.48. The lowest BCUT2D eigenvalue weighted by Crippen LogP contribution is -2.51. The molecule has 0 saturated carbocycles. The van der Waals surface area contributed by atoms with Gasteiger partial charge in [0.05, 0.1) is 18.7 Å². The van der Waals surface area contributed by atoms with Crippen LogP contribution >= 0.6 is 11.3 Å². The molecule has 0 aliphatic carbocycles. The van der Waals surface area contributed by atoms with Crippen molar-refractivity contribution in [2.45, 2.75) is 19.6 Å². The number of benzene rings is 1. The zero-order valence-electron chi connectivity index (χ0n) is 20.8. The number of thiophene rings is 1. The average Bonchev–Trinajstić information content (AvgIpc) is 3.32. The van der Waals surface area contributed by atoms with E-state index in [0.29, 0.717) is 5.75 Å². The maximum atomic E-state index is 13.0. The van der Waals surface area contributed by atoms with Gasteiger partial charge in [0.25, 0.3) is 5.56 Å². The molecule has 1 unspecified atom stereocenters. The van der Waals surface area contributed by atoms with E-state index in [0.717, 1.165) is 59.5 Å². The maximum Gasteiger partial charge on any atom is 0.259 e. The first kappa shape index (κ1) is 24.6. The molecule has 4 aromatic rings. The monoisotopic (exact) mass is 505 g/mol. The fourth-order valence-corrected chi connectivity index (χ4v) is 5.78. The predicted octanol–water partition coefficient (Wildman–Crippen LogP) is 3.99. The summed E-state index contributed by atoms with van der Waals surface area (Å²) in [6.07, 6.45) is 5.37. The van der Waals surface area contributed by atoms with Gasteiger partial charge in [-0.1, -0.05) is 30.3 Å². The number of rotatable bonds is 8. The molecular formula is C27H31N5O3S. The number of piperazine rings is 1. The Kier molecular flexibility index (Phi) is 7.45. The smallest absolute Gasteiger partial charge is 0.259 e. The Morgan fingerprint density at radius 2 is 1.89 bits per heavy atom. The van der Waals surface area contributed by atoms with Gasteiger partial charge in [0.15, 0.2) is 0 Å². The van der Waals surface area contributed by atoms with E-state index in [1.54, 1.807) is 36.3 Å². The van der Waals surface area contributed by atoms with Crippen LogP contribution in [0.2, 0.25) is 0 Å². The van der Waals surface area contributed by atoms with Crippen LogP contribution in [0.5, 0.6) is 5.75 Å². The molecule has 1 saturated heterocycles. The largest absolute Gasteiger partial charge is 0.484 e. The van der Waals surface area contributed by atoms with Crippen molar-refractivity contribution in [2.75, 3.05) is 33.3 Å². The van der Waals surface area contributed by atoms with E-state index in [-0.39, 0.29) is 11.7 Å². The molecule has 0 radical (unpaired) electrons. The van der Waals surface area contributed by atoms with Crippen molar-refractivity contribution in [1.29, 1.82) is 0 Å². The van der Waals surface area contributed by atoms with Crippen LogP contribution in [0.25, 0.3) is 21.2 Å². The molecule has 1 aliphatic rings. The van der Waals surface area contributed by atoms with E-state index in [1.165, 1.54) is 4.88 Å². The van der Waals surface area contributed by atoms with E-state index >= 15 is 0 Å². The van der Waals surface area contributed by atoms with Gasteiger partial charge in [0.1, 0.15) is 11.9 Å². The van der Waals surface area contributed by atoms with Crippen LogP contribution < -0.4 is 15.9 Å². The summed E-state index contributed by atoms with van der Waals surface area (Å²) in [5.41, 5.74) is 5.95. The fraction of sp³-hybridized carbons (Fsp3) is 0.333. The molecule has 0 bridgehead atoms. The number of nitrogens with one attached hydrogen (secondary N) is 1. The van der Waals surface area contributed by atoms with E-state index < -0.39 is 0 Å². The van der Waals surface area contributed by atoms with E-state index in [2.05, 4.69) is 38.7 Å². The second-order valence-electron chi connectivity index (χ2n) is 9.05. The molecule has 36 heavy (non-hydrogen) atoms. The topological polar surface area (TPSA) is 71.9 Å². The Labute approximate surface area is 214 Å². The summed E-state index contributed by atoms with van der Waals surface area (Å²) >= 11 is 1.69. The van der Waals surface area contributed by atoms with Crippen LogP contribution in [-0.2, 0) is 18.4 Å². The summed E-state index contributed by atoms with van der Waals surface area (Å²) < 4.78 is 8.85. The second kappa shape index (κ2) is 10.9. The van der Waals surface area contributed by atoms with Crippen LogP contribution in [0, 0.1) is 0 Å². The van der Waals surface area contributed by atoms with Gasteiger partial charge in [-0.2, -0.15) is 0 Å². The van der Waals surface area contributed by atoms with Gasteiger partial charge in [0, 0.05) is 72.9 Å². The summed E-state index contributed by atoms with van der Waals surface area (Å²) in [5, 5.41) is 2.81. The number of nitrogens with zero attached hydrogens (tertiary/aromatic N) is 4. The highest BCUT2D eigenvalue weighted by Gasteiger charge is 2.20. The number of aromatic nitrogens is 2. The summed E-state index contributed by atoms with van der Waals surface area (Å²) in [7, 11) is 3.43. The highest BCUT2D eigenvalue weighted by molar-refractivity contribution is 7.19. The van der Waals surface area contributed by atoms with Crippen LogP contribution in [-0.4, -0.2) is 52.7 Å². The predicted molar refractivity (Wildman–Crippen MR) is 143 cm³/mol. The number of pyridine rings is 2. The molecule has 0 amide bonds. The number of hydrogen-bond acceptors (Lipinski definition) is 8. The van der Waals surface area contributed by atoms with E-state index in [1.807, 2.05) is 43.6 Å². The van der Waals surface area contributed by atoms with Gasteiger partial charge >= 0.3 is 0 Å². The van der Waals surface area contributed by atoms with Crippen LogP contribution in [0.4, 0.5) is 0 Å². The first-order valence-corrected chi connectivity index (χ1v) is 12.9. The van der Waals surface area contributed by atoms with Crippen molar-refractivity contribution in [3.8, 4) is 16.9 Å². The zero-order valence-corrected chi connectivity index (χ0v) is 21.6. The van der Waals surface area contributed by atoms with Gasteiger partial charge < -0.3 is 9.30 Å². The lowest BCUT2D eigenvalue weighted by molar-refractivity contribution is -0.0762. The van der Waals surface area contributed by atoms with Gasteiger partial charge in [-0.15, -0.1) is 16.9 Å². The Morgan fingerprint density at radius 1 is 1.11 bits per heavy atom. The van der Waals surface area contributed by atoms with Crippen LogP contribution in [0.3, 0.4) is 0 Å². The molecule has 3 aromatic heterocycles. The number of hydrogen-bond donors (Lipinski definition) is 1. The average molecular weight is 506 g/mol. The van der Waals surface area contributed by atoms with Gasteiger partial charge in [0.2, 0.25) is 0 Å². The zero-order chi connectivity index (χ0) is 25.1. The number of aryl methyl sites for hydroxylation is 1. The highest BCUT2D eigenvalue weighted by atomic mass is 32.1. The summed E-state index contributed by atoms with van der Waals surface area (Å²) in [5.74, 6) is 0.699. The quantitative estimate of drug-likeness (QED) is 0.363. The van der Waals surface area contributed by atoms with Gasteiger partial charge in [-0.3, -0.25) is 19.5 Å². The molecule has 5 rings (SSSR count). The number of hydrazine groups is 1. The van der Waals surface area contributed by atoms with Crippen molar-refractivity contribution in [2.24, 2.45) is 7.05 Å². The van der Waals surface area contributed by atoms with Crippen molar-refractivity contribution < 1.29 is 9.57 Å². The van der Waals surface area contributed by atoms with Gasteiger partial charge in [-0.05, 0) is 24.6 Å². The second-order valence-corrected chi connectivity index (χ2v) is 10.2. The van der Waals surface area contributed by atoms with Crippen molar-refractivity contribution in [3.05, 3.63) is 81.8 Å². The Balaban J connectivity index is 1.41. The molecule has 0 spiro atoms. The first-order chi connectivity index (χ1) is 17.5. The number of fused-ring (bicyclic) bond motifs is 1. The van der Waals surface area contributed by atoms with Gasteiger partial charge in [-0.25, -0.2) is 5.01 Å². The minimum Gasteiger partial charge on any atom is -0.484 e. The Bertz CT molecular complexity index is 1380. The van der Waals surface area contributed by atoms with Crippen molar-refractivity contribution >= 4 is 21.4 Å². The van der Waals surface area contributed by atoms with E-state index in [9.17, 15) is 4.79 Å². The molecule has 9 heteroatoms. The van der Waals surface area contributed by atoms with Crippen LogP contribution in [0.1, 0.15) is 23.5 Å². The number of ether oxygens (including phenoxy) is 1. The Morgan fingerprint density at radius 3 is 2.64 bits per heavy atom. The van der Waals surface area contributed by atoms with Crippen molar-refractivity contribution in [1.82, 2.24) is 25.0 Å². The molecule has 8 nitrogen and oxygen atoms in total. The molecule has 1 aliphatic heterocycles. The summed E-state index contributed by atoms with van der Waals surface area (Å²) in [6, 6.07) is 14.2. The fourth-order valence-electron chi connectivity index (χ4n) is 4.56. The van der Waals surface area contributed by atoms with E-state index in [4.69, 9.17) is 9.57 Å². The molecule has 1 atom stereocenters. The molecular weight excluding hydrogens is 474 g/mol. The summed E-state index contributed by atoms with van der Waals surface area (Å²) in [6.45, 7) is 6.47. The Hall–Kier alpha value is -3.08. The summed E-state index contributed by atoms with van der Waals surface area (Å²) in [4.78, 5) is 26.0. The third kappa shape index (κ3) is 5.35. The molecule has 1 N–H and O–H groups in total. The molecule has 4 heterocycles. The molecule has 1 fully saturated rings. The standard InChI is InChI=1S/C27H31N5O3S/c1-19(20-7-5-4-6-8-20)35-22-13-21(15-28-16-22)25-18-30(2)27(33)24-14-23(36-26(24)25)17-31-9-11-32(12-10-31)29-34-3/h4-8,13-16,18-19,29H,9-12,17H2,1-3H3. The normalized spacial score (nSPS) is 15.9. The maximum absolute atomic E-state index is 13.0. The van der Waals surface area contributed by atoms with Crippen LogP contribution in [0.15, 0.2) is 65.8 Å². The third-order valence-corrected chi connectivity index (χ3v) is 7.63. The molecule has 188 valence electrons. The highest BCUT2D eigenvalue weighted by Crippen LogP contribution is 2.35.